The Morgan fingerprint density at radius 3 is 2.50 bits per heavy atom. The first-order chi connectivity index (χ1) is 14.6. The van der Waals surface area contributed by atoms with Crippen molar-refractivity contribution < 1.29 is 29.2 Å². The average molecular weight is 412 g/mol. The molecule has 2 heterocycles. The summed E-state index contributed by atoms with van der Waals surface area (Å²) in [6.07, 6.45) is 1.46. The summed E-state index contributed by atoms with van der Waals surface area (Å²) in [4.78, 5) is 16.0. The predicted molar refractivity (Wildman–Crippen MR) is 113 cm³/mol. The summed E-state index contributed by atoms with van der Waals surface area (Å²) >= 11 is 0. The number of nitrogens with one attached hydrogen (secondary N) is 2. The number of rotatable bonds is 6. The zero-order valence-electron chi connectivity index (χ0n) is 17.1. The van der Waals surface area contributed by atoms with Gasteiger partial charge < -0.3 is 29.2 Å². The van der Waals surface area contributed by atoms with Crippen LogP contribution in [0.3, 0.4) is 0 Å². The van der Waals surface area contributed by atoms with Crippen molar-refractivity contribution in [2.24, 2.45) is 0 Å². The number of aliphatic hydroxyl groups is 1. The highest BCUT2D eigenvalue weighted by Crippen LogP contribution is 2.31. The van der Waals surface area contributed by atoms with Crippen molar-refractivity contribution in [3.63, 3.8) is 0 Å². The zero-order chi connectivity index (χ0) is 21.1. The van der Waals surface area contributed by atoms with E-state index in [9.17, 15) is 9.90 Å². The van der Waals surface area contributed by atoms with Gasteiger partial charge in [-0.2, -0.15) is 0 Å². The first kappa shape index (κ1) is 20.4. The zero-order valence-corrected chi connectivity index (χ0v) is 17.1. The lowest BCUT2D eigenvalue weighted by atomic mass is 10.0. The number of hydrogen-bond donors (Lipinski definition) is 4. The molecule has 4 N–H and O–H groups in total. The first-order valence-corrected chi connectivity index (χ1v) is 10.3. The molecule has 30 heavy (non-hydrogen) atoms. The maximum Gasteiger partial charge on any atom is 0.200 e. The van der Waals surface area contributed by atoms with Crippen LogP contribution in [0.25, 0.3) is 22.1 Å². The van der Waals surface area contributed by atoms with Crippen LogP contribution in [0.2, 0.25) is 0 Å². The van der Waals surface area contributed by atoms with E-state index < -0.39 is 0 Å². The minimum Gasteiger partial charge on any atom is -0.507 e. The number of methoxy groups -OCH3 is 1. The predicted octanol–water partition coefficient (Wildman–Crippen LogP) is -0.550. The van der Waals surface area contributed by atoms with Gasteiger partial charge in [-0.3, -0.25) is 4.79 Å². The van der Waals surface area contributed by atoms with Gasteiger partial charge in [0.25, 0.3) is 0 Å². The molecule has 1 aromatic heterocycles. The number of hydrogen-bond acceptors (Lipinski definition) is 5. The van der Waals surface area contributed by atoms with Crippen LogP contribution < -0.4 is 20.0 Å². The summed E-state index contributed by atoms with van der Waals surface area (Å²) in [5.74, 6) is 0.754. The lowest BCUT2D eigenvalue weighted by Crippen LogP contribution is -3.27. The van der Waals surface area contributed by atoms with Crippen LogP contribution in [0.1, 0.15) is 5.56 Å². The minimum atomic E-state index is -0.144. The minimum absolute atomic E-state index is 0.144. The fraction of sp³-hybridized carbons (Fsp3) is 0.348. The molecule has 3 aromatic rings. The normalized spacial score (nSPS) is 19.1. The van der Waals surface area contributed by atoms with E-state index in [0.717, 1.165) is 32.7 Å². The Morgan fingerprint density at radius 2 is 1.77 bits per heavy atom. The number of fused-ring (bicyclic) bond motifs is 1. The molecule has 0 bridgehead atoms. The Labute approximate surface area is 174 Å². The van der Waals surface area contributed by atoms with E-state index in [1.807, 2.05) is 24.3 Å². The second kappa shape index (κ2) is 8.87. The summed E-state index contributed by atoms with van der Waals surface area (Å²) in [5.41, 5.74) is 2.08. The molecule has 0 atom stereocenters. The molecule has 7 heteroatoms. The van der Waals surface area contributed by atoms with Crippen molar-refractivity contribution in [1.82, 2.24) is 0 Å². The molecule has 1 aliphatic heterocycles. The maximum absolute atomic E-state index is 13.2. The highest BCUT2D eigenvalue weighted by molar-refractivity contribution is 5.86. The first-order valence-electron chi connectivity index (χ1n) is 10.3. The molecule has 0 spiro atoms. The Morgan fingerprint density at radius 1 is 1.03 bits per heavy atom. The second-order valence-corrected chi connectivity index (χ2v) is 7.77. The molecule has 0 amide bonds. The lowest BCUT2D eigenvalue weighted by molar-refractivity contribution is -1.02. The van der Waals surface area contributed by atoms with E-state index >= 15 is 0 Å². The van der Waals surface area contributed by atoms with Gasteiger partial charge in [-0.25, -0.2) is 0 Å². The summed E-state index contributed by atoms with van der Waals surface area (Å²) in [6, 6.07) is 10.5. The van der Waals surface area contributed by atoms with E-state index in [2.05, 4.69) is 0 Å². The molecule has 1 aliphatic rings. The lowest BCUT2D eigenvalue weighted by Gasteiger charge is -2.29. The molecule has 158 valence electrons. The van der Waals surface area contributed by atoms with Crippen LogP contribution >= 0.6 is 0 Å². The molecule has 0 radical (unpaired) electrons. The molecule has 4 rings (SSSR count). The highest BCUT2D eigenvalue weighted by atomic mass is 16.5. The average Bonchev–Trinajstić information content (AvgIpc) is 2.77. The van der Waals surface area contributed by atoms with Gasteiger partial charge in [0.1, 0.15) is 62.6 Å². The highest BCUT2D eigenvalue weighted by Gasteiger charge is 2.25. The van der Waals surface area contributed by atoms with Crippen LogP contribution in [0.4, 0.5) is 0 Å². The topological polar surface area (TPSA) is 88.8 Å². The van der Waals surface area contributed by atoms with Gasteiger partial charge in [0.2, 0.25) is 5.43 Å². The Bertz CT molecular complexity index is 1090. The van der Waals surface area contributed by atoms with Gasteiger partial charge in [0, 0.05) is 5.56 Å². The number of quaternary nitrogens is 2. The van der Waals surface area contributed by atoms with Crippen LogP contribution in [0, 0.1) is 0 Å². The molecule has 0 saturated carbocycles. The van der Waals surface area contributed by atoms with Gasteiger partial charge >= 0.3 is 0 Å². The quantitative estimate of drug-likeness (QED) is 0.436. The summed E-state index contributed by atoms with van der Waals surface area (Å²) in [5, 5.41) is 20.1. The molecule has 0 unspecified atom stereocenters. The third-order valence-corrected chi connectivity index (χ3v) is 5.97. The van der Waals surface area contributed by atoms with Crippen LogP contribution in [0.5, 0.6) is 11.5 Å². The number of ether oxygens (including phenoxy) is 1. The Hall–Kier alpha value is -2.87. The number of benzene rings is 2. The van der Waals surface area contributed by atoms with Crippen molar-refractivity contribution in [3.8, 4) is 22.6 Å². The third-order valence-electron chi connectivity index (χ3n) is 5.97. The number of para-hydroxylation sites is 1. The molecular formula is C23H28N2O5+2. The number of piperazine rings is 1. The molecule has 0 aliphatic carbocycles. The monoisotopic (exact) mass is 412 g/mol. The molecule has 1 fully saturated rings. The Kier molecular flexibility index (Phi) is 6.03. The van der Waals surface area contributed by atoms with Crippen molar-refractivity contribution in [2.45, 2.75) is 6.54 Å². The summed E-state index contributed by atoms with van der Waals surface area (Å²) in [6.45, 7) is 5.39. The van der Waals surface area contributed by atoms with E-state index in [-0.39, 0.29) is 17.8 Å². The van der Waals surface area contributed by atoms with Gasteiger partial charge in [-0.05, 0) is 18.2 Å². The molecular weight excluding hydrogens is 384 g/mol. The van der Waals surface area contributed by atoms with Gasteiger partial charge in [-0.1, -0.05) is 18.2 Å². The van der Waals surface area contributed by atoms with Gasteiger partial charge in [0.15, 0.2) is 0 Å². The van der Waals surface area contributed by atoms with E-state index in [1.165, 1.54) is 16.1 Å². The molecule has 7 nitrogen and oxygen atoms in total. The SMILES string of the molecule is COc1ccccc1-c1coc2c(C[NH+]3CC[NH+](CCO)CC3)c(O)ccc2c1=O. The summed E-state index contributed by atoms with van der Waals surface area (Å²) < 4.78 is 11.3. The van der Waals surface area contributed by atoms with E-state index in [0.29, 0.717) is 40.0 Å². The van der Waals surface area contributed by atoms with Crippen molar-refractivity contribution >= 4 is 11.0 Å². The van der Waals surface area contributed by atoms with E-state index in [4.69, 9.17) is 14.3 Å². The van der Waals surface area contributed by atoms with Crippen LogP contribution in [0.15, 0.2) is 51.9 Å². The van der Waals surface area contributed by atoms with Gasteiger partial charge in [-0.15, -0.1) is 0 Å². The maximum atomic E-state index is 13.2. The molecule has 1 saturated heterocycles. The largest absolute Gasteiger partial charge is 0.507 e. The van der Waals surface area contributed by atoms with Crippen molar-refractivity contribution in [3.05, 3.63) is 58.4 Å². The number of phenolic OH excluding ortho intramolecular Hbond substituents is 1. The Balaban J connectivity index is 1.68. The van der Waals surface area contributed by atoms with Crippen molar-refractivity contribution in [2.75, 3.05) is 46.4 Å². The number of aliphatic hydroxyl groups excluding tert-OH is 1. The fourth-order valence-electron chi connectivity index (χ4n) is 4.26. The van der Waals surface area contributed by atoms with Crippen LogP contribution in [-0.4, -0.2) is 56.7 Å². The molecule has 2 aromatic carbocycles. The smallest absolute Gasteiger partial charge is 0.200 e. The second-order valence-electron chi connectivity index (χ2n) is 7.77. The number of phenols is 1. The van der Waals surface area contributed by atoms with Crippen LogP contribution in [-0.2, 0) is 6.54 Å². The van der Waals surface area contributed by atoms with Gasteiger partial charge in [0.05, 0.1) is 30.2 Å². The third kappa shape index (κ3) is 3.92. The summed E-state index contributed by atoms with van der Waals surface area (Å²) in [7, 11) is 1.57. The van der Waals surface area contributed by atoms with E-state index in [1.54, 1.807) is 19.2 Å². The fourth-order valence-corrected chi connectivity index (χ4v) is 4.26. The standard InChI is InChI=1S/C23H26N2O5/c1-29-21-5-3-2-4-16(21)19-15-30-23-17(22(19)28)6-7-20(27)18(23)14-25-10-8-24(9-11-25)12-13-26/h2-7,15,26-27H,8-14H2,1H3/p+2. The number of aromatic hydroxyl groups is 1. The van der Waals surface area contributed by atoms with Crippen molar-refractivity contribution in [1.29, 1.82) is 0 Å².